The van der Waals surface area contributed by atoms with Crippen LogP contribution in [-0.2, 0) is 19.2 Å². The van der Waals surface area contributed by atoms with Crippen molar-refractivity contribution >= 4 is 22.5 Å². The molecule has 1 unspecified atom stereocenters. The number of hydrogen-bond acceptors (Lipinski definition) is 4. The summed E-state index contributed by atoms with van der Waals surface area (Å²) in [5.41, 5.74) is 1.02. The molecule has 1 fully saturated rings. The van der Waals surface area contributed by atoms with Gasteiger partial charge in [-0.2, -0.15) is 0 Å². The molecule has 3 heterocycles. The van der Waals surface area contributed by atoms with Crippen molar-refractivity contribution in [1.82, 2.24) is 19.1 Å². The van der Waals surface area contributed by atoms with E-state index in [-0.39, 0.29) is 5.56 Å². The normalized spacial score (nSPS) is 16.0. The molecule has 5 rings (SSSR count). The fourth-order valence-corrected chi connectivity index (χ4v) is 4.11. The van der Waals surface area contributed by atoms with E-state index >= 15 is 0 Å². The fourth-order valence-electron chi connectivity index (χ4n) is 4.00. The van der Waals surface area contributed by atoms with Crippen molar-refractivity contribution in [3.8, 4) is 0 Å². The van der Waals surface area contributed by atoms with E-state index in [9.17, 15) is 9.90 Å². The zero-order valence-corrected chi connectivity index (χ0v) is 17.3. The van der Waals surface area contributed by atoms with Crippen molar-refractivity contribution in [2.45, 2.75) is 25.0 Å². The monoisotopic (exact) mass is 420 g/mol. The highest BCUT2D eigenvalue weighted by molar-refractivity contribution is 6.30. The molecular weight excluding hydrogens is 400 g/mol. The first-order valence-corrected chi connectivity index (χ1v) is 10.3. The first-order valence-electron chi connectivity index (χ1n) is 9.92. The molecule has 0 bridgehead atoms. The number of aliphatic hydroxyl groups is 1. The molecule has 4 aromatic rings. The van der Waals surface area contributed by atoms with Crippen LogP contribution in [0, 0.1) is 5.92 Å². The molecule has 1 saturated carbocycles. The van der Waals surface area contributed by atoms with Gasteiger partial charge in [-0.3, -0.25) is 9.78 Å². The van der Waals surface area contributed by atoms with E-state index < -0.39 is 5.60 Å². The fraction of sp³-hybridized carbons (Fsp3) is 0.261. The van der Waals surface area contributed by atoms with E-state index in [4.69, 9.17) is 11.6 Å². The van der Waals surface area contributed by atoms with Crippen LogP contribution in [0.3, 0.4) is 0 Å². The summed E-state index contributed by atoms with van der Waals surface area (Å²) in [7, 11) is 1.83. The van der Waals surface area contributed by atoms with Gasteiger partial charge in [0.15, 0.2) is 5.60 Å². The molecule has 7 heteroatoms. The Morgan fingerprint density at radius 2 is 2.00 bits per heavy atom. The average Bonchev–Trinajstić information content (AvgIpc) is 3.47. The van der Waals surface area contributed by atoms with E-state index in [1.54, 1.807) is 35.3 Å². The summed E-state index contributed by atoms with van der Waals surface area (Å²) in [5.74, 6) is 0.581. The second-order valence-electron chi connectivity index (χ2n) is 7.96. The number of nitrogens with zero attached hydrogens (tertiary/aromatic N) is 4. The lowest BCUT2D eigenvalue weighted by Gasteiger charge is -2.29. The Kier molecular flexibility index (Phi) is 4.49. The molecule has 1 aliphatic carbocycles. The molecule has 152 valence electrons. The molecule has 6 nitrogen and oxygen atoms in total. The molecule has 1 aromatic carbocycles. The maximum Gasteiger partial charge on any atom is 0.251 e. The lowest BCUT2D eigenvalue weighted by Crippen LogP contribution is -2.32. The van der Waals surface area contributed by atoms with E-state index in [0.29, 0.717) is 27.9 Å². The van der Waals surface area contributed by atoms with Crippen LogP contribution >= 0.6 is 11.6 Å². The van der Waals surface area contributed by atoms with Crippen molar-refractivity contribution in [3.63, 3.8) is 0 Å². The van der Waals surface area contributed by atoms with Gasteiger partial charge in [-0.25, -0.2) is 4.98 Å². The topological polar surface area (TPSA) is 72.9 Å². The predicted octanol–water partition coefficient (Wildman–Crippen LogP) is 3.48. The van der Waals surface area contributed by atoms with Crippen LogP contribution < -0.4 is 5.56 Å². The molecular formula is C23H21ClN4O2. The number of pyridine rings is 2. The molecule has 0 aliphatic heterocycles. The lowest BCUT2D eigenvalue weighted by atomic mass is 9.86. The molecule has 1 atom stereocenters. The van der Waals surface area contributed by atoms with Gasteiger partial charge in [0.25, 0.3) is 5.56 Å². The quantitative estimate of drug-likeness (QED) is 0.536. The minimum absolute atomic E-state index is 0.00316. The third-order valence-electron chi connectivity index (χ3n) is 5.83. The molecule has 1 N–H and O–H groups in total. The van der Waals surface area contributed by atoms with Crippen LogP contribution in [0.1, 0.15) is 29.8 Å². The summed E-state index contributed by atoms with van der Waals surface area (Å²) >= 11 is 6.03. The van der Waals surface area contributed by atoms with Gasteiger partial charge in [0.05, 0.1) is 34.5 Å². The second-order valence-corrected chi connectivity index (χ2v) is 8.40. The summed E-state index contributed by atoms with van der Waals surface area (Å²) in [6.45, 7) is 0.736. The van der Waals surface area contributed by atoms with Gasteiger partial charge in [-0.05, 0) is 60.0 Å². The first-order chi connectivity index (χ1) is 14.5. The van der Waals surface area contributed by atoms with E-state index in [1.807, 2.05) is 35.9 Å². The molecule has 1 aliphatic rings. The van der Waals surface area contributed by atoms with Crippen molar-refractivity contribution in [2.24, 2.45) is 13.0 Å². The Morgan fingerprint density at radius 1 is 1.17 bits per heavy atom. The second kappa shape index (κ2) is 7.07. The van der Waals surface area contributed by atoms with Gasteiger partial charge >= 0.3 is 0 Å². The van der Waals surface area contributed by atoms with E-state index in [0.717, 1.165) is 17.4 Å². The van der Waals surface area contributed by atoms with E-state index in [2.05, 4.69) is 9.97 Å². The van der Waals surface area contributed by atoms with Crippen LogP contribution in [-0.4, -0.2) is 24.2 Å². The maximum atomic E-state index is 12.4. The highest BCUT2D eigenvalue weighted by Crippen LogP contribution is 2.37. The Hall–Kier alpha value is -2.96. The van der Waals surface area contributed by atoms with Gasteiger partial charge in [-0.1, -0.05) is 17.7 Å². The Labute approximate surface area is 178 Å². The number of rotatable bonds is 5. The van der Waals surface area contributed by atoms with Gasteiger partial charge in [0.1, 0.15) is 0 Å². The molecule has 0 radical (unpaired) electrons. The predicted molar refractivity (Wildman–Crippen MR) is 115 cm³/mol. The molecule has 0 spiro atoms. The van der Waals surface area contributed by atoms with Crippen LogP contribution in [0.25, 0.3) is 10.9 Å². The van der Waals surface area contributed by atoms with Crippen molar-refractivity contribution in [1.29, 1.82) is 0 Å². The zero-order chi connectivity index (χ0) is 20.9. The van der Waals surface area contributed by atoms with Crippen molar-refractivity contribution in [2.75, 3.05) is 0 Å². The summed E-state index contributed by atoms with van der Waals surface area (Å²) in [4.78, 5) is 21.0. The van der Waals surface area contributed by atoms with Gasteiger partial charge < -0.3 is 14.2 Å². The van der Waals surface area contributed by atoms with Crippen molar-refractivity contribution < 1.29 is 5.11 Å². The Balaban J connectivity index is 1.71. The lowest BCUT2D eigenvalue weighted by molar-refractivity contribution is 0.113. The molecule has 0 amide bonds. The third-order valence-corrected chi connectivity index (χ3v) is 6.05. The Morgan fingerprint density at radius 3 is 2.67 bits per heavy atom. The summed E-state index contributed by atoms with van der Waals surface area (Å²) in [5, 5.41) is 13.4. The first kappa shape index (κ1) is 19.0. The smallest absolute Gasteiger partial charge is 0.251 e. The largest absolute Gasteiger partial charge is 0.373 e. The van der Waals surface area contributed by atoms with Crippen LogP contribution in [0.4, 0.5) is 0 Å². The minimum Gasteiger partial charge on any atom is -0.373 e. The molecule has 3 aromatic heterocycles. The van der Waals surface area contributed by atoms with Crippen molar-refractivity contribution in [3.05, 3.63) is 93.5 Å². The maximum absolute atomic E-state index is 12.4. The highest BCUT2D eigenvalue weighted by Gasteiger charge is 2.38. The van der Waals surface area contributed by atoms with Crippen LogP contribution in [0.15, 0.2) is 66.0 Å². The van der Waals surface area contributed by atoms with Gasteiger partial charge in [0, 0.05) is 25.9 Å². The number of benzene rings is 1. The number of hydrogen-bond donors (Lipinski definition) is 1. The van der Waals surface area contributed by atoms with Crippen LogP contribution in [0.2, 0.25) is 5.02 Å². The SMILES string of the molecule is Cn1cncc1C(O)(c1ccc2c(ccc(=O)n2CC2CC2)c1)c1ccc(Cl)cn1. The number of fused-ring (bicyclic) bond motifs is 1. The standard InChI is InChI=1S/C23H21ClN4O2/c1-27-14-25-12-21(27)23(30,20-8-6-18(24)11-26-20)17-5-7-19-16(10-17)4-9-22(29)28(19)13-15-2-3-15/h4-12,14-15,30H,2-3,13H2,1H3. The summed E-state index contributed by atoms with van der Waals surface area (Å²) in [6.07, 6.45) is 7.14. The van der Waals surface area contributed by atoms with Crippen LogP contribution in [0.5, 0.6) is 0 Å². The van der Waals surface area contributed by atoms with Gasteiger partial charge in [0.2, 0.25) is 0 Å². The number of halogens is 1. The third kappa shape index (κ3) is 3.13. The molecule has 0 saturated heterocycles. The van der Waals surface area contributed by atoms with Gasteiger partial charge in [-0.15, -0.1) is 0 Å². The van der Waals surface area contributed by atoms with E-state index in [1.165, 1.54) is 19.0 Å². The average molecular weight is 421 g/mol. The Bertz CT molecular complexity index is 1290. The number of imidazole rings is 1. The highest BCUT2D eigenvalue weighted by atomic mass is 35.5. The zero-order valence-electron chi connectivity index (χ0n) is 16.5. The minimum atomic E-state index is -1.53. The molecule has 30 heavy (non-hydrogen) atoms. The summed E-state index contributed by atoms with van der Waals surface area (Å²) in [6, 6.07) is 12.5. The number of aromatic nitrogens is 4. The number of aryl methyl sites for hydroxylation is 1. The summed E-state index contributed by atoms with van der Waals surface area (Å²) < 4.78 is 3.61.